The number of hydrogen-bond acceptors (Lipinski definition) is 2. The molecular weight excluding hydrogens is 244 g/mol. The summed E-state index contributed by atoms with van der Waals surface area (Å²) < 4.78 is 13.0. The molecule has 0 aromatic heterocycles. The molecule has 1 rings (SSSR count). The van der Waals surface area contributed by atoms with Crippen molar-refractivity contribution in [2.45, 2.75) is 6.10 Å². The van der Waals surface area contributed by atoms with E-state index in [1.165, 1.54) is 6.07 Å². The van der Waals surface area contributed by atoms with E-state index in [-0.39, 0.29) is 22.2 Å². The first-order valence-corrected chi connectivity index (χ1v) is 4.65. The van der Waals surface area contributed by atoms with Crippen LogP contribution in [0.3, 0.4) is 0 Å². The molecule has 1 N–H and O–H groups in total. The summed E-state index contributed by atoms with van der Waals surface area (Å²) in [5, 5.41) is 12.6. The summed E-state index contributed by atoms with van der Waals surface area (Å²) in [6.07, 6.45) is -1.14. The fourth-order valence-corrected chi connectivity index (χ4v) is 1.51. The zero-order valence-corrected chi connectivity index (χ0v) is 8.87. The van der Waals surface area contributed by atoms with Crippen LogP contribution in [0, 0.1) is 5.82 Å². The number of halogens is 3. The smallest absolute Gasteiger partial charge is 0.142 e. The third-order valence-electron chi connectivity index (χ3n) is 1.72. The highest BCUT2D eigenvalue weighted by atomic mass is 35.5. The molecule has 0 aliphatic rings. The second kappa shape index (κ2) is 5.19. The van der Waals surface area contributed by atoms with Crippen LogP contribution >= 0.6 is 23.2 Å². The zero-order valence-electron chi connectivity index (χ0n) is 7.36. The van der Waals surface area contributed by atoms with Crippen molar-refractivity contribution in [1.29, 1.82) is 0 Å². The predicted octanol–water partition coefficient (Wildman–Crippen LogP) is 3.48. The Balaban J connectivity index is 3.03. The van der Waals surface area contributed by atoms with Crippen molar-refractivity contribution < 1.29 is 9.50 Å². The predicted molar refractivity (Wildman–Crippen MR) is 55.4 cm³/mol. The normalized spacial score (nSPS) is 12.0. The number of nitrogens with zero attached hydrogens (tertiary/aromatic N) is 3. The van der Waals surface area contributed by atoms with Crippen molar-refractivity contribution in [3.63, 3.8) is 0 Å². The molecule has 0 radical (unpaired) electrons. The van der Waals surface area contributed by atoms with Gasteiger partial charge < -0.3 is 5.11 Å². The van der Waals surface area contributed by atoms with Crippen molar-refractivity contribution >= 4 is 23.2 Å². The van der Waals surface area contributed by atoms with Gasteiger partial charge in [0.05, 0.1) is 17.7 Å². The van der Waals surface area contributed by atoms with Gasteiger partial charge in [0.25, 0.3) is 0 Å². The van der Waals surface area contributed by atoms with E-state index in [0.29, 0.717) is 0 Å². The standard InChI is InChI=1S/C8H6Cl2FN3O/c9-5-2-6(10)7(11)1-4(5)8(15)3-13-14-12/h1-2,8,15H,3H2. The topological polar surface area (TPSA) is 69.0 Å². The maximum Gasteiger partial charge on any atom is 0.142 e. The van der Waals surface area contributed by atoms with Gasteiger partial charge in [-0.25, -0.2) is 4.39 Å². The molecule has 1 aromatic carbocycles. The Morgan fingerprint density at radius 2 is 2.13 bits per heavy atom. The van der Waals surface area contributed by atoms with Gasteiger partial charge in [-0.05, 0) is 17.7 Å². The summed E-state index contributed by atoms with van der Waals surface area (Å²) in [4.78, 5) is 2.47. The minimum atomic E-state index is -1.14. The molecule has 4 nitrogen and oxygen atoms in total. The average Bonchev–Trinajstić information content (AvgIpc) is 2.20. The maximum atomic E-state index is 13.0. The number of hydrogen-bond donors (Lipinski definition) is 1. The van der Waals surface area contributed by atoms with Crippen LogP contribution in [0.25, 0.3) is 10.4 Å². The van der Waals surface area contributed by atoms with Gasteiger partial charge in [0.1, 0.15) is 5.82 Å². The van der Waals surface area contributed by atoms with Crippen molar-refractivity contribution in [3.05, 3.63) is 44.0 Å². The molecule has 0 saturated heterocycles. The van der Waals surface area contributed by atoms with Gasteiger partial charge in [-0.1, -0.05) is 28.3 Å². The van der Waals surface area contributed by atoms with Crippen molar-refractivity contribution in [2.24, 2.45) is 5.11 Å². The van der Waals surface area contributed by atoms with Crippen molar-refractivity contribution in [1.82, 2.24) is 0 Å². The highest BCUT2D eigenvalue weighted by Crippen LogP contribution is 2.28. The summed E-state index contributed by atoms with van der Waals surface area (Å²) >= 11 is 11.2. The lowest BCUT2D eigenvalue weighted by atomic mass is 10.1. The molecule has 80 valence electrons. The van der Waals surface area contributed by atoms with Crippen molar-refractivity contribution in [3.8, 4) is 0 Å². The van der Waals surface area contributed by atoms with Crippen LogP contribution in [-0.4, -0.2) is 11.7 Å². The van der Waals surface area contributed by atoms with Crippen LogP contribution in [0.1, 0.15) is 11.7 Å². The second-order valence-corrected chi connectivity index (χ2v) is 3.53. The fraction of sp³-hybridized carbons (Fsp3) is 0.250. The number of benzene rings is 1. The van der Waals surface area contributed by atoms with E-state index in [2.05, 4.69) is 10.0 Å². The molecule has 0 saturated carbocycles. The molecule has 0 heterocycles. The van der Waals surface area contributed by atoms with Gasteiger partial charge in [-0.3, -0.25) is 0 Å². The first kappa shape index (κ1) is 12.1. The monoisotopic (exact) mass is 249 g/mol. The largest absolute Gasteiger partial charge is 0.388 e. The number of aliphatic hydroxyl groups is 1. The lowest BCUT2D eigenvalue weighted by Gasteiger charge is -2.10. The van der Waals surface area contributed by atoms with E-state index in [9.17, 15) is 9.50 Å². The minimum Gasteiger partial charge on any atom is -0.388 e. The molecule has 0 aliphatic carbocycles. The highest BCUT2D eigenvalue weighted by Gasteiger charge is 2.14. The zero-order chi connectivity index (χ0) is 11.4. The van der Waals surface area contributed by atoms with E-state index in [0.717, 1.165) is 6.07 Å². The second-order valence-electron chi connectivity index (χ2n) is 2.72. The van der Waals surface area contributed by atoms with Crippen LogP contribution in [0.15, 0.2) is 17.2 Å². The third kappa shape index (κ3) is 2.97. The van der Waals surface area contributed by atoms with Crippen LogP contribution in [0.4, 0.5) is 4.39 Å². The summed E-state index contributed by atoms with van der Waals surface area (Å²) in [5.74, 6) is -0.684. The first-order valence-electron chi connectivity index (χ1n) is 3.89. The van der Waals surface area contributed by atoms with E-state index >= 15 is 0 Å². The minimum absolute atomic E-state index is 0.125. The van der Waals surface area contributed by atoms with Crippen LogP contribution in [-0.2, 0) is 0 Å². The molecule has 1 unspecified atom stereocenters. The van der Waals surface area contributed by atoms with Gasteiger partial charge in [0, 0.05) is 15.5 Å². The van der Waals surface area contributed by atoms with Gasteiger partial charge in [0.2, 0.25) is 0 Å². The number of rotatable bonds is 3. The lowest BCUT2D eigenvalue weighted by molar-refractivity contribution is 0.186. The summed E-state index contributed by atoms with van der Waals surface area (Å²) in [6.45, 7) is -0.211. The van der Waals surface area contributed by atoms with Gasteiger partial charge in [-0.2, -0.15) is 0 Å². The Hall–Kier alpha value is -1.00. The molecule has 0 amide bonds. The summed E-state index contributed by atoms with van der Waals surface area (Å²) in [5.41, 5.74) is 8.19. The average molecular weight is 250 g/mol. The Morgan fingerprint density at radius 3 is 2.73 bits per heavy atom. The maximum absolute atomic E-state index is 13.0. The van der Waals surface area contributed by atoms with E-state index in [4.69, 9.17) is 28.7 Å². The molecule has 0 spiro atoms. The van der Waals surface area contributed by atoms with Gasteiger partial charge >= 0.3 is 0 Å². The molecule has 0 bridgehead atoms. The molecule has 0 fully saturated rings. The fourth-order valence-electron chi connectivity index (χ4n) is 1.01. The SMILES string of the molecule is [N-]=[N+]=NCC(O)c1cc(F)c(Cl)cc1Cl. The Bertz CT molecular complexity index is 421. The summed E-state index contributed by atoms with van der Waals surface area (Å²) in [7, 11) is 0. The lowest BCUT2D eigenvalue weighted by Crippen LogP contribution is -2.02. The quantitative estimate of drug-likeness (QED) is 0.379. The Kier molecular flexibility index (Phi) is 4.17. The summed E-state index contributed by atoms with van der Waals surface area (Å²) in [6, 6.07) is 2.20. The van der Waals surface area contributed by atoms with Crippen molar-refractivity contribution in [2.75, 3.05) is 6.54 Å². The molecule has 1 atom stereocenters. The van der Waals surface area contributed by atoms with Crippen LogP contribution < -0.4 is 0 Å². The molecule has 1 aromatic rings. The van der Waals surface area contributed by atoms with E-state index in [1.54, 1.807) is 0 Å². The molecule has 15 heavy (non-hydrogen) atoms. The van der Waals surface area contributed by atoms with E-state index < -0.39 is 11.9 Å². The Morgan fingerprint density at radius 1 is 1.47 bits per heavy atom. The third-order valence-corrected chi connectivity index (χ3v) is 2.33. The van der Waals surface area contributed by atoms with Gasteiger partial charge in [0.15, 0.2) is 0 Å². The Labute approximate surface area is 94.9 Å². The molecule has 0 aliphatic heterocycles. The first-order chi connectivity index (χ1) is 7.06. The number of aliphatic hydroxyl groups excluding tert-OH is 1. The van der Waals surface area contributed by atoms with E-state index in [1.807, 2.05) is 0 Å². The van der Waals surface area contributed by atoms with Crippen LogP contribution in [0.5, 0.6) is 0 Å². The van der Waals surface area contributed by atoms with Crippen LogP contribution in [0.2, 0.25) is 10.0 Å². The molecule has 7 heteroatoms. The van der Waals surface area contributed by atoms with Gasteiger partial charge in [-0.15, -0.1) is 0 Å². The highest BCUT2D eigenvalue weighted by molar-refractivity contribution is 6.35. The molecular formula is C8H6Cl2FN3O. The number of azide groups is 1.